The number of hydrogen-bond donors (Lipinski definition) is 2. The summed E-state index contributed by atoms with van der Waals surface area (Å²) in [6.07, 6.45) is -1.05. The maximum Gasteiger partial charge on any atom is 0.281 e. The number of halogens is 3. The summed E-state index contributed by atoms with van der Waals surface area (Å²) in [6.45, 7) is -0.198. The first-order chi connectivity index (χ1) is 21.0. The van der Waals surface area contributed by atoms with E-state index >= 15 is 4.39 Å². The Kier molecular flexibility index (Phi) is 7.83. The Labute approximate surface area is 252 Å². The van der Waals surface area contributed by atoms with Gasteiger partial charge in [-0.05, 0) is 43.2 Å². The molecule has 9 nitrogen and oxygen atoms in total. The smallest absolute Gasteiger partial charge is 0.281 e. The highest BCUT2D eigenvalue weighted by Crippen LogP contribution is 2.39. The topological polar surface area (TPSA) is 119 Å². The molecule has 1 saturated carbocycles. The Morgan fingerprint density at radius 1 is 1.00 bits per heavy atom. The van der Waals surface area contributed by atoms with Gasteiger partial charge in [-0.15, -0.1) is 0 Å². The lowest BCUT2D eigenvalue weighted by molar-refractivity contribution is -0.143. The van der Waals surface area contributed by atoms with E-state index in [1.54, 1.807) is 17.8 Å². The average molecular weight is 609 g/mol. The van der Waals surface area contributed by atoms with Crippen molar-refractivity contribution in [2.45, 2.75) is 68.3 Å². The van der Waals surface area contributed by atoms with Crippen LogP contribution in [0.2, 0.25) is 0 Å². The highest BCUT2D eigenvalue weighted by Gasteiger charge is 2.42. The minimum absolute atomic E-state index is 0.0308. The minimum atomic E-state index is -3.07. The van der Waals surface area contributed by atoms with E-state index in [0.29, 0.717) is 11.2 Å². The first-order valence-electron chi connectivity index (χ1n) is 14.8. The van der Waals surface area contributed by atoms with Crippen LogP contribution in [0.1, 0.15) is 49.1 Å². The second kappa shape index (κ2) is 11.5. The number of likely N-dealkylation sites (tertiary alicyclic amines) is 1. The van der Waals surface area contributed by atoms with Crippen LogP contribution in [0.4, 0.5) is 13.2 Å². The normalized spacial score (nSPS) is 19.1. The summed E-state index contributed by atoms with van der Waals surface area (Å²) >= 11 is 0. The van der Waals surface area contributed by atoms with Gasteiger partial charge < -0.3 is 15.7 Å². The molecule has 1 saturated heterocycles. The van der Waals surface area contributed by atoms with Gasteiger partial charge in [0.25, 0.3) is 11.5 Å². The van der Waals surface area contributed by atoms with E-state index in [2.05, 4.69) is 10.1 Å². The van der Waals surface area contributed by atoms with Gasteiger partial charge in [0, 0.05) is 31.2 Å². The molecule has 2 aliphatic rings. The molecular weight excluding hydrogens is 573 g/mol. The number of nitrogens with two attached hydrogens (primary N) is 1. The molecule has 1 amide bonds. The molecule has 4 aromatic rings. The molecule has 1 aliphatic heterocycles. The molecule has 3 heterocycles. The van der Waals surface area contributed by atoms with Crippen LogP contribution < -0.4 is 11.3 Å². The predicted octanol–water partition coefficient (Wildman–Crippen LogP) is 3.88. The van der Waals surface area contributed by atoms with Gasteiger partial charge in [0.05, 0.1) is 30.1 Å². The Hall–Kier alpha value is -4.03. The number of aryl methyl sites for hydroxylation is 1. The van der Waals surface area contributed by atoms with Crippen LogP contribution in [-0.2, 0) is 23.9 Å². The quantitative estimate of drug-likeness (QED) is 0.314. The number of hydrogen-bond acceptors (Lipinski definition) is 6. The molecule has 2 unspecified atom stereocenters. The van der Waals surface area contributed by atoms with Crippen LogP contribution >= 0.6 is 0 Å². The monoisotopic (exact) mass is 608 g/mol. The van der Waals surface area contributed by atoms with Crippen LogP contribution in [0, 0.1) is 0 Å². The van der Waals surface area contributed by atoms with Gasteiger partial charge in [0.15, 0.2) is 11.7 Å². The van der Waals surface area contributed by atoms with E-state index in [1.807, 2.05) is 24.3 Å². The number of fused-ring (bicyclic) bond motifs is 1. The third-order valence-corrected chi connectivity index (χ3v) is 9.27. The van der Waals surface area contributed by atoms with E-state index in [-0.39, 0.29) is 49.1 Å². The van der Waals surface area contributed by atoms with E-state index in [0.717, 1.165) is 35.3 Å². The molecule has 1 aliphatic carbocycles. The van der Waals surface area contributed by atoms with Gasteiger partial charge in [-0.2, -0.15) is 5.10 Å². The second-order valence-electron chi connectivity index (χ2n) is 12.2. The summed E-state index contributed by atoms with van der Waals surface area (Å²) in [5.74, 6) is -2.92. The maximum absolute atomic E-state index is 15.2. The molecule has 12 heteroatoms. The van der Waals surface area contributed by atoms with Crippen LogP contribution in [0.5, 0.6) is 0 Å². The van der Waals surface area contributed by atoms with E-state index in [1.165, 1.54) is 35.2 Å². The summed E-state index contributed by atoms with van der Waals surface area (Å²) in [7, 11) is 1.74. The second-order valence-corrected chi connectivity index (χ2v) is 12.2. The molecule has 232 valence electrons. The number of piperidine rings is 1. The number of amides is 1. The molecule has 0 spiro atoms. The van der Waals surface area contributed by atoms with Crippen molar-refractivity contribution in [1.29, 1.82) is 0 Å². The molecule has 2 aromatic heterocycles. The lowest BCUT2D eigenvalue weighted by atomic mass is 9.72. The minimum Gasteiger partial charge on any atom is -0.388 e. The van der Waals surface area contributed by atoms with Crippen molar-refractivity contribution in [1.82, 2.24) is 24.2 Å². The van der Waals surface area contributed by atoms with Crippen LogP contribution in [0.3, 0.4) is 0 Å². The van der Waals surface area contributed by atoms with Crippen molar-refractivity contribution in [3.05, 3.63) is 82.4 Å². The summed E-state index contributed by atoms with van der Waals surface area (Å²) in [5, 5.41) is 15.7. The van der Waals surface area contributed by atoms with Crippen LogP contribution in [0.25, 0.3) is 22.3 Å². The fourth-order valence-corrected chi connectivity index (χ4v) is 6.40. The summed E-state index contributed by atoms with van der Waals surface area (Å²) in [6, 6.07) is 15.3. The zero-order valence-corrected chi connectivity index (χ0v) is 24.4. The Bertz CT molecular complexity index is 1710. The number of carbonyl (C=O) groups is 1. The molecule has 3 N–H and O–H groups in total. The molecule has 2 fully saturated rings. The van der Waals surface area contributed by atoms with Crippen molar-refractivity contribution >= 4 is 16.9 Å². The number of nitrogens with zero attached hydrogens (tertiary/aromatic N) is 5. The number of aliphatic hydroxyl groups is 1. The number of aromatic nitrogens is 4. The number of alkyl halides is 3. The van der Waals surface area contributed by atoms with Gasteiger partial charge in [0.2, 0.25) is 6.43 Å². The van der Waals surface area contributed by atoms with Gasteiger partial charge in [-0.25, -0.2) is 18.2 Å². The SMILES string of the molecule is Cn1nc2c(=O)n(CC3(O)CCN(C(=O)C(F)C(c4ccccc4)C(F)F)CC3)cnc2c1-c1ccc(C2(N)CCC2)cc1. The first-order valence-corrected chi connectivity index (χ1v) is 14.8. The molecule has 0 radical (unpaired) electrons. The van der Waals surface area contributed by atoms with E-state index in [4.69, 9.17) is 5.73 Å². The average Bonchev–Trinajstić information content (AvgIpc) is 3.34. The summed E-state index contributed by atoms with van der Waals surface area (Å²) in [4.78, 5) is 32.0. The van der Waals surface area contributed by atoms with Gasteiger partial charge in [-0.3, -0.25) is 18.8 Å². The molecule has 0 bridgehead atoms. The van der Waals surface area contributed by atoms with E-state index in [9.17, 15) is 23.5 Å². The molecule has 44 heavy (non-hydrogen) atoms. The first kappa shape index (κ1) is 30.0. The largest absolute Gasteiger partial charge is 0.388 e. The van der Waals surface area contributed by atoms with Crippen molar-refractivity contribution in [3.8, 4) is 11.3 Å². The number of rotatable bonds is 8. The zero-order valence-electron chi connectivity index (χ0n) is 24.4. The van der Waals surface area contributed by atoms with Crippen molar-refractivity contribution in [3.63, 3.8) is 0 Å². The highest BCUT2D eigenvalue weighted by molar-refractivity contribution is 5.89. The Morgan fingerprint density at radius 2 is 1.66 bits per heavy atom. The predicted molar refractivity (Wildman–Crippen MR) is 159 cm³/mol. The molecule has 2 aromatic carbocycles. The Morgan fingerprint density at radius 3 is 2.25 bits per heavy atom. The molecule has 6 rings (SSSR count). The lowest BCUT2D eigenvalue weighted by Gasteiger charge is -2.39. The summed E-state index contributed by atoms with van der Waals surface area (Å²) in [5.41, 5.74) is 7.58. The van der Waals surface area contributed by atoms with E-state index < -0.39 is 35.6 Å². The maximum atomic E-state index is 15.2. The highest BCUT2D eigenvalue weighted by atomic mass is 19.3. The van der Waals surface area contributed by atoms with Crippen molar-refractivity contribution in [2.75, 3.05) is 13.1 Å². The van der Waals surface area contributed by atoms with Crippen molar-refractivity contribution < 1.29 is 23.1 Å². The van der Waals surface area contributed by atoms with Gasteiger partial charge in [0.1, 0.15) is 5.52 Å². The molecular formula is C32H35F3N6O3. The lowest BCUT2D eigenvalue weighted by Crippen LogP contribution is -2.52. The standard InChI is InChI=1S/C32H35F3N6O3/c1-39-27(21-8-10-22(11-9-21)32(36)12-5-13-32)25-26(38-39)30(43)41(19-37-25)18-31(44)14-16-40(17-15-31)29(42)24(33)23(28(34)35)20-6-3-2-4-7-20/h2-4,6-11,19,23-24,28,44H,5,12-18,36H2,1H3. The number of benzene rings is 2. The number of carbonyl (C=O) groups excluding carboxylic acids is 1. The van der Waals surface area contributed by atoms with Crippen molar-refractivity contribution in [2.24, 2.45) is 12.8 Å². The van der Waals surface area contributed by atoms with Crippen LogP contribution in [-0.4, -0.2) is 66.5 Å². The molecule has 2 atom stereocenters. The van der Waals surface area contributed by atoms with Gasteiger partial charge in [-0.1, -0.05) is 54.6 Å². The van der Waals surface area contributed by atoms with Crippen LogP contribution in [0.15, 0.2) is 65.7 Å². The Balaban J connectivity index is 1.16. The fourth-order valence-electron chi connectivity index (χ4n) is 6.40. The fraction of sp³-hybridized carbons (Fsp3) is 0.438. The summed E-state index contributed by atoms with van der Waals surface area (Å²) < 4.78 is 45.6. The third-order valence-electron chi connectivity index (χ3n) is 9.27. The zero-order chi connectivity index (χ0) is 31.2. The third kappa shape index (κ3) is 5.41. The van der Waals surface area contributed by atoms with Gasteiger partial charge >= 0.3 is 0 Å².